The van der Waals surface area contributed by atoms with Gasteiger partial charge in [0.2, 0.25) is 0 Å². The zero-order chi connectivity index (χ0) is 18.4. The molecule has 0 bridgehead atoms. The average Bonchev–Trinajstić information content (AvgIpc) is 2.60. The van der Waals surface area contributed by atoms with Gasteiger partial charge < -0.3 is 15.2 Å². The summed E-state index contributed by atoms with van der Waals surface area (Å²) in [6.07, 6.45) is 0.484. The molecule has 0 aliphatic heterocycles. The third-order valence-electron chi connectivity index (χ3n) is 3.96. The van der Waals surface area contributed by atoms with Gasteiger partial charge >= 0.3 is 0 Å². The Hall–Kier alpha value is -2.14. The third kappa shape index (κ3) is 5.16. The van der Waals surface area contributed by atoms with Crippen LogP contribution in [0.25, 0.3) is 0 Å². The first-order valence-electron chi connectivity index (χ1n) is 8.39. The topological polar surface area (TPSA) is 44.5 Å². The number of nitrogens with two attached hydrogens (primary N) is 1. The minimum absolute atomic E-state index is 0.217. The first-order chi connectivity index (χ1) is 11.9. The van der Waals surface area contributed by atoms with Crippen LogP contribution in [0.5, 0.6) is 11.5 Å². The largest absolute Gasteiger partial charge is 0.493 e. The second kappa shape index (κ2) is 8.81. The van der Waals surface area contributed by atoms with Crippen LogP contribution in [0.3, 0.4) is 0 Å². The van der Waals surface area contributed by atoms with E-state index in [-0.39, 0.29) is 12.5 Å². The average molecular weight is 349 g/mol. The van der Waals surface area contributed by atoms with Crippen molar-refractivity contribution < 1.29 is 18.3 Å². The molecule has 136 valence electrons. The van der Waals surface area contributed by atoms with E-state index in [2.05, 4.69) is 13.8 Å². The van der Waals surface area contributed by atoms with Crippen molar-refractivity contribution in [3.63, 3.8) is 0 Å². The van der Waals surface area contributed by atoms with Gasteiger partial charge in [0.15, 0.2) is 11.5 Å². The molecule has 1 unspecified atom stereocenters. The highest BCUT2D eigenvalue weighted by molar-refractivity contribution is 5.43. The lowest BCUT2D eigenvalue weighted by molar-refractivity contribution is 0.256. The van der Waals surface area contributed by atoms with Crippen molar-refractivity contribution in [2.45, 2.75) is 26.2 Å². The van der Waals surface area contributed by atoms with E-state index in [1.54, 1.807) is 7.11 Å². The summed E-state index contributed by atoms with van der Waals surface area (Å²) >= 11 is 0. The minimum atomic E-state index is -0.468. The standard InChI is InChI=1S/C20H25F2NO2/c1-13(2)12-25-19-7-4-14(9-20(19)24-3)8-15(11-23)17-10-16(21)5-6-18(17)22/h4-7,9-10,13,15H,8,11-12,23H2,1-3H3. The van der Waals surface area contributed by atoms with Crippen LogP contribution < -0.4 is 15.2 Å². The molecule has 2 rings (SSSR count). The predicted molar refractivity (Wildman–Crippen MR) is 95.2 cm³/mol. The Balaban J connectivity index is 2.21. The molecule has 0 saturated carbocycles. The van der Waals surface area contributed by atoms with Crippen LogP contribution in [0.4, 0.5) is 8.78 Å². The zero-order valence-electron chi connectivity index (χ0n) is 14.9. The van der Waals surface area contributed by atoms with E-state index < -0.39 is 11.6 Å². The second-order valence-corrected chi connectivity index (χ2v) is 6.49. The summed E-state index contributed by atoms with van der Waals surface area (Å²) < 4.78 is 38.6. The lowest BCUT2D eigenvalue weighted by atomic mass is 9.91. The summed E-state index contributed by atoms with van der Waals surface area (Å²) in [4.78, 5) is 0. The smallest absolute Gasteiger partial charge is 0.161 e. The molecule has 0 radical (unpaired) electrons. The van der Waals surface area contributed by atoms with Crippen molar-refractivity contribution in [2.75, 3.05) is 20.3 Å². The summed E-state index contributed by atoms with van der Waals surface area (Å²) in [6, 6.07) is 9.05. The van der Waals surface area contributed by atoms with Crippen LogP contribution in [0.1, 0.15) is 30.9 Å². The van der Waals surface area contributed by atoms with Gasteiger partial charge in [0.05, 0.1) is 13.7 Å². The highest BCUT2D eigenvalue weighted by Gasteiger charge is 2.17. The van der Waals surface area contributed by atoms with Gasteiger partial charge in [0, 0.05) is 5.92 Å². The molecular formula is C20H25F2NO2. The normalized spacial score (nSPS) is 12.3. The molecule has 0 aromatic heterocycles. The Morgan fingerprint density at radius 2 is 1.80 bits per heavy atom. The monoisotopic (exact) mass is 349 g/mol. The van der Waals surface area contributed by atoms with E-state index in [4.69, 9.17) is 15.2 Å². The molecule has 2 aromatic carbocycles. The zero-order valence-corrected chi connectivity index (χ0v) is 14.9. The van der Waals surface area contributed by atoms with Gasteiger partial charge in [-0.05, 0) is 60.3 Å². The number of hydrogen-bond donors (Lipinski definition) is 1. The SMILES string of the molecule is COc1cc(CC(CN)c2cc(F)ccc2F)ccc1OCC(C)C. The molecule has 2 aromatic rings. The van der Waals surface area contributed by atoms with Crippen molar-refractivity contribution in [3.05, 3.63) is 59.2 Å². The van der Waals surface area contributed by atoms with Crippen LogP contribution >= 0.6 is 0 Å². The van der Waals surface area contributed by atoms with Crippen LogP contribution in [-0.2, 0) is 6.42 Å². The first-order valence-corrected chi connectivity index (χ1v) is 8.39. The molecule has 0 saturated heterocycles. The quantitative estimate of drug-likeness (QED) is 0.773. The molecular weight excluding hydrogens is 324 g/mol. The fourth-order valence-electron chi connectivity index (χ4n) is 2.65. The Bertz CT molecular complexity index is 704. The number of halogens is 2. The molecule has 0 heterocycles. The van der Waals surface area contributed by atoms with Gasteiger partial charge in [-0.15, -0.1) is 0 Å². The minimum Gasteiger partial charge on any atom is -0.493 e. The Morgan fingerprint density at radius 3 is 2.44 bits per heavy atom. The molecule has 0 fully saturated rings. The maximum absolute atomic E-state index is 14.0. The molecule has 1 atom stereocenters. The van der Waals surface area contributed by atoms with Gasteiger partial charge in [-0.1, -0.05) is 19.9 Å². The van der Waals surface area contributed by atoms with Crippen LogP contribution in [0, 0.1) is 17.6 Å². The van der Waals surface area contributed by atoms with E-state index in [1.165, 1.54) is 6.07 Å². The second-order valence-electron chi connectivity index (χ2n) is 6.49. The molecule has 5 heteroatoms. The van der Waals surface area contributed by atoms with Gasteiger partial charge in [-0.25, -0.2) is 8.78 Å². The molecule has 0 amide bonds. The lowest BCUT2D eigenvalue weighted by Gasteiger charge is -2.18. The number of benzene rings is 2. The van der Waals surface area contributed by atoms with Gasteiger partial charge in [-0.2, -0.15) is 0 Å². The molecule has 3 nitrogen and oxygen atoms in total. The molecule has 0 aliphatic carbocycles. The number of hydrogen-bond acceptors (Lipinski definition) is 3. The molecule has 25 heavy (non-hydrogen) atoms. The highest BCUT2D eigenvalue weighted by atomic mass is 19.1. The van der Waals surface area contributed by atoms with Crippen molar-refractivity contribution in [1.29, 1.82) is 0 Å². The van der Waals surface area contributed by atoms with E-state index in [1.807, 2.05) is 18.2 Å². The number of rotatable bonds is 8. The van der Waals surface area contributed by atoms with Gasteiger partial charge in [0.1, 0.15) is 11.6 Å². The maximum atomic E-state index is 14.0. The van der Waals surface area contributed by atoms with Crippen molar-refractivity contribution in [2.24, 2.45) is 11.7 Å². The predicted octanol–water partition coefficient (Wildman–Crippen LogP) is 4.29. The van der Waals surface area contributed by atoms with Crippen molar-refractivity contribution in [3.8, 4) is 11.5 Å². The van der Waals surface area contributed by atoms with E-state index in [9.17, 15) is 8.78 Å². The Kier molecular flexibility index (Phi) is 6.76. The summed E-state index contributed by atoms with van der Waals surface area (Å²) in [6.45, 7) is 4.95. The van der Waals surface area contributed by atoms with Gasteiger partial charge in [-0.3, -0.25) is 0 Å². The molecule has 0 spiro atoms. The third-order valence-corrected chi connectivity index (χ3v) is 3.96. The van der Waals surface area contributed by atoms with E-state index in [0.29, 0.717) is 36.0 Å². The number of ether oxygens (including phenoxy) is 2. The Labute approximate surface area is 147 Å². The van der Waals surface area contributed by atoms with Crippen LogP contribution in [0.2, 0.25) is 0 Å². The fourth-order valence-corrected chi connectivity index (χ4v) is 2.65. The van der Waals surface area contributed by atoms with Crippen LogP contribution in [-0.4, -0.2) is 20.3 Å². The Morgan fingerprint density at radius 1 is 1.04 bits per heavy atom. The summed E-state index contributed by atoms with van der Waals surface area (Å²) in [5.41, 5.74) is 7.03. The first kappa shape index (κ1) is 19.2. The van der Waals surface area contributed by atoms with Crippen molar-refractivity contribution in [1.82, 2.24) is 0 Å². The maximum Gasteiger partial charge on any atom is 0.161 e. The molecule has 2 N–H and O–H groups in total. The van der Waals surface area contributed by atoms with Crippen molar-refractivity contribution >= 4 is 0 Å². The van der Waals surface area contributed by atoms with Gasteiger partial charge in [0.25, 0.3) is 0 Å². The highest BCUT2D eigenvalue weighted by Crippen LogP contribution is 2.31. The van der Waals surface area contributed by atoms with E-state index >= 15 is 0 Å². The molecule has 0 aliphatic rings. The number of methoxy groups -OCH3 is 1. The lowest BCUT2D eigenvalue weighted by Crippen LogP contribution is -2.17. The van der Waals surface area contributed by atoms with Crippen LogP contribution in [0.15, 0.2) is 36.4 Å². The fraction of sp³-hybridized carbons (Fsp3) is 0.400. The summed E-state index contributed by atoms with van der Waals surface area (Å²) in [5.74, 6) is 0.463. The summed E-state index contributed by atoms with van der Waals surface area (Å²) in [7, 11) is 1.58. The summed E-state index contributed by atoms with van der Waals surface area (Å²) in [5, 5.41) is 0. The van der Waals surface area contributed by atoms with E-state index in [0.717, 1.165) is 17.7 Å².